The summed E-state index contributed by atoms with van der Waals surface area (Å²) in [6.07, 6.45) is 0.494. The quantitative estimate of drug-likeness (QED) is 0.703. The molecule has 100 valence electrons. The molecule has 2 rings (SSSR count). The third kappa shape index (κ3) is 2.52. The second-order valence-electron chi connectivity index (χ2n) is 4.68. The second kappa shape index (κ2) is 5.04. The molecule has 0 spiro atoms. The van der Waals surface area contributed by atoms with Crippen LogP contribution in [0.1, 0.15) is 13.3 Å². The number of nitrogens with two attached hydrogens (primary N) is 1. The summed E-state index contributed by atoms with van der Waals surface area (Å²) >= 11 is 0. The summed E-state index contributed by atoms with van der Waals surface area (Å²) in [6, 6.07) is 5.46. The van der Waals surface area contributed by atoms with Gasteiger partial charge in [0.1, 0.15) is 11.4 Å². The molecule has 1 aromatic carbocycles. The third-order valence-corrected chi connectivity index (χ3v) is 3.49. The molecule has 5 heteroatoms. The van der Waals surface area contributed by atoms with Crippen LogP contribution in [0.5, 0.6) is 5.75 Å². The van der Waals surface area contributed by atoms with Gasteiger partial charge in [-0.1, -0.05) is 0 Å². The van der Waals surface area contributed by atoms with Crippen molar-refractivity contribution in [2.24, 2.45) is 0 Å². The van der Waals surface area contributed by atoms with Crippen molar-refractivity contribution < 1.29 is 14.6 Å². The highest BCUT2D eigenvalue weighted by molar-refractivity contribution is 5.61. The molecule has 2 atom stereocenters. The summed E-state index contributed by atoms with van der Waals surface area (Å²) in [7, 11) is 1.58. The number of methoxy groups -OCH3 is 1. The van der Waals surface area contributed by atoms with E-state index in [0.717, 1.165) is 5.69 Å². The van der Waals surface area contributed by atoms with Gasteiger partial charge in [0, 0.05) is 31.3 Å². The third-order valence-electron chi connectivity index (χ3n) is 3.49. The topological polar surface area (TPSA) is 76.7 Å². The lowest BCUT2D eigenvalue weighted by Crippen LogP contribution is -2.43. The number of aliphatic hydroxyl groups is 1. The highest BCUT2D eigenvalue weighted by Crippen LogP contribution is 2.28. The van der Waals surface area contributed by atoms with E-state index in [9.17, 15) is 5.11 Å². The number of ether oxygens (including phenoxy) is 2. The Hall–Kier alpha value is -1.46. The minimum absolute atomic E-state index is 0.152. The summed E-state index contributed by atoms with van der Waals surface area (Å²) in [5.74, 6) is 0.628. The number of anilines is 2. The van der Waals surface area contributed by atoms with Gasteiger partial charge in [0.2, 0.25) is 0 Å². The zero-order valence-corrected chi connectivity index (χ0v) is 10.8. The molecule has 0 aromatic heterocycles. The van der Waals surface area contributed by atoms with Crippen LogP contribution in [0, 0.1) is 0 Å². The van der Waals surface area contributed by atoms with Crippen molar-refractivity contribution in [3.63, 3.8) is 0 Å². The Bertz CT molecular complexity index is 425. The van der Waals surface area contributed by atoms with Crippen LogP contribution in [0.25, 0.3) is 0 Å². The highest BCUT2D eigenvalue weighted by atomic mass is 16.5. The lowest BCUT2D eigenvalue weighted by Gasteiger charge is -2.26. The molecule has 1 saturated heterocycles. The smallest absolute Gasteiger partial charge is 0.143 e. The Kier molecular flexibility index (Phi) is 3.63. The molecule has 0 bridgehead atoms. The summed E-state index contributed by atoms with van der Waals surface area (Å²) < 4.78 is 10.5. The first-order valence-electron chi connectivity index (χ1n) is 6.06. The van der Waals surface area contributed by atoms with E-state index >= 15 is 0 Å². The van der Waals surface area contributed by atoms with Crippen LogP contribution in [-0.2, 0) is 4.74 Å². The van der Waals surface area contributed by atoms with Gasteiger partial charge in [-0.15, -0.1) is 0 Å². The van der Waals surface area contributed by atoms with Crippen molar-refractivity contribution in [1.82, 2.24) is 0 Å². The van der Waals surface area contributed by atoms with Crippen molar-refractivity contribution in [3.05, 3.63) is 18.2 Å². The summed E-state index contributed by atoms with van der Waals surface area (Å²) in [5, 5.41) is 13.6. The van der Waals surface area contributed by atoms with Crippen molar-refractivity contribution in [2.45, 2.75) is 25.0 Å². The van der Waals surface area contributed by atoms with Gasteiger partial charge in [0.25, 0.3) is 0 Å². The van der Waals surface area contributed by atoms with Crippen molar-refractivity contribution in [1.29, 1.82) is 0 Å². The van der Waals surface area contributed by atoms with Crippen LogP contribution >= 0.6 is 0 Å². The second-order valence-corrected chi connectivity index (χ2v) is 4.68. The van der Waals surface area contributed by atoms with Gasteiger partial charge in [-0.2, -0.15) is 0 Å². The number of hydrogen-bond acceptors (Lipinski definition) is 5. The van der Waals surface area contributed by atoms with Gasteiger partial charge < -0.3 is 25.6 Å². The number of rotatable bonds is 4. The Labute approximate surface area is 107 Å². The molecule has 5 nitrogen and oxygen atoms in total. The van der Waals surface area contributed by atoms with Crippen LogP contribution in [0.15, 0.2) is 18.2 Å². The molecule has 0 saturated carbocycles. The maximum atomic E-state index is 10.4. The number of nitrogens with one attached hydrogen (secondary N) is 1. The van der Waals surface area contributed by atoms with Gasteiger partial charge in [0.05, 0.1) is 18.9 Å². The van der Waals surface area contributed by atoms with E-state index in [1.165, 1.54) is 0 Å². The summed E-state index contributed by atoms with van der Waals surface area (Å²) in [4.78, 5) is 0. The number of hydrogen-bond donors (Lipinski definition) is 3. The van der Waals surface area contributed by atoms with E-state index in [1.54, 1.807) is 13.2 Å². The molecule has 1 aliphatic rings. The average Bonchev–Trinajstić information content (AvgIpc) is 2.69. The van der Waals surface area contributed by atoms with Crippen LogP contribution in [0.3, 0.4) is 0 Å². The molecule has 4 N–H and O–H groups in total. The van der Waals surface area contributed by atoms with Gasteiger partial charge in [0.15, 0.2) is 0 Å². The molecule has 1 aliphatic heterocycles. The minimum Gasteiger partial charge on any atom is -0.495 e. The van der Waals surface area contributed by atoms with Crippen molar-refractivity contribution in [3.8, 4) is 5.75 Å². The van der Waals surface area contributed by atoms with E-state index in [0.29, 0.717) is 31.0 Å². The first-order valence-corrected chi connectivity index (χ1v) is 6.06. The molecular formula is C13H20N2O3. The molecule has 0 radical (unpaired) electrons. The first-order chi connectivity index (χ1) is 8.55. The van der Waals surface area contributed by atoms with E-state index < -0.39 is 5.60 Å². The highest BCUT2D eigenvalue weighted by Gasteiger charge is 2.39. The largest absolute Gasteiger partial charge is 0.495 e. The fourth-order valence-corrected chi connectivity index (χ4v) is 2.08. The van der Waals surface area contributed by atoms with Crippen LogP contribution in [0.4, 0.5) is 11.4 Å². The molecule has 1 heterocycles. The lowest BCUT2D eigenvalue weighted by atomic mass is 9.96. The Balaban J connectivity index is 2.02. The zero-order valence-electron chi connectivity index (χ0n) is 10.8. The molecule has 0 amide bonds. The molecular weight excluding hydrogens is 232 g/mol. The Morgan fingerprint density at radius 2 is 2.39 bits per heavy atom. The maximum absolute atomic E-state index is 10.4. The van der Waals surface area contributed by atoms with E-state index in [1.807, 2.05) is 19.1 Å². The predicted octanol–water partition coefficient (Wildman–Crippen LogP) is 1.23. The Morgan fingerprint density at radius 3 is 3.00 bits per heavy atom. The maximum Gasteiger partial charge on any atom is 0.143 e. The van der Waals surface area contributed by atoms with Gasteiger partial charge in [-0.3, -0.25) is 0 Å². The molecule has 1 aromatic rings. The molecule has 1 fully saturated rings. The molecule has 18 heavy (non-hydrogen) atoms. The SMILES string of the molecule is COc1cc(NCC2(O)CCOC2C)ccc1N. The fourth-order valence-electron chi connectivity index (χ4n) is 2.08. The van der Waals surface area contributed by atoms with Gasteiger partial charge in [-0.05, 0) is 19.1 Å². The number of nitrogen functional groups attached to an aromatic ring is 1. The zero-order chi connectivity index (χ0) is 13.2. The van der Waals surface area contributed by atoms with Crippen molar-refractivity contribution >= 4 is 11.4 Å². The first kappa shape index (κ1) is 13.0. The molecule has 0 aliphatic carbocycles. The normalized spacial score (nSPS) is 27.2. The molecule has 2 unspecified atom stereocenters. The lowest BCUT2D eigenvalue weighted by molar-refractivity contribution is -0.0175. The van der Waals surface area contributed by atoms with Gasteiger partial charge in [-0.25, -0.2) is 0 Å². The van der Waals surface area contributed by atoms with E-state index in [4.69, 9.17) is 15.2 Å². The monoisotopic (exact) mass is 252 g/mol. The van der Waals surface area contributed by atoms with E-state index in [2.05, 4.69) is 5.32 Å². The average molecular weight is 252 g/mol. The standard InChI is InChI=1S/C13H20N2O3/c1-9-13(16,5-6-18-9)8-15-10-3-4-11(14)12(7-10)17-2/h3-4,7,9,15-16H,5-6,8,14H2,1-2H3. The minimum atomic E-state index is -0.811. The van der Waals surface area contributed by atoms with Crippen LogP contribution in [-0.4, -0.2) is 37.1 Å². The predicted molar refractivity (Wildman–Crippen MR) is 70.9 cm³/mol. The van der Waals surface area contributed by atoms with Crippen LogP contribution in [0.2, 0.25) is 0 Å². The Morgan fingerprint density at radius 1 is 1.61 bits per heavy atom. The van der Waals surface area contributed by atoms with E-state index in [-0.39, 0.29) is 6.10 Å². The van der Waals surface area contributed by atoms with Gasteiger partial charge >= 0.3 is 0 Å². The van der Waals surface area contributed by atoms with Crippen LogP contribution < -0.4 is 15.8 Å². The van der Waals surface area contributed by atoms with Crippen molar-refractivity contribution in [2.75, 3.05) is 31.3 Å². The summed E-state index contributed by atoms with van der Waals surface area (Å²) in [5.41, 5.74) is 6.40. The number of benzene rings is 1. The fraction of sp³-hybridized carbons (Fsp3) is 0.538. The summed E-state index contributed by atoms with van der Waals surface area (Å²) in [6.45, 7) is 2.93.